The Morgan fingerprint density at radius 3 is 2.57 bits per heavy atom. The lowest BCUT2D eigenvalue weighted by molar-refractivity contribution is 0.0844. The largest absolute Gasteiger partial charge is 0.378 e. The first-order valence-electron chi connectivity index (χ1n) is 9.31. The predicted octanol–water partition coefficient (Wildman–Crippen LogP) is 1.05. The fourth-order valence-corrected chi connectivity index (χ4v) is 4.13. The van der Waals surface area contributed by atoms with Gasteiger partial charge in [0, 0.05) is 37.8 Å². The van der Waals surface area contributed by atoms with Crippen molar-refractivity contribution >= 4 is 34.1 Å². The summed E-state index contributed by atoms with van der Waals surface area (Å²) in [5, 5.41) is 2.47. The number of ether oxygens (including phenoxy) is 1. The van der Waals surface area contributed by atoms with Crippen LogP contribution in [0.25, 0.3) is 0 Å². The molecule has 0 aromatic carbocycles. The van der Waals surface area contributed by atoms with Crippen LogP contribution in [-0.4, -0.2) is 61.2 Å². The number of thiazole rings is 1. The van der Waals surface area contributed by atoms with Crippen LogP contribution in [0, 0.1) is 0 Å². The predicted molar refractivity (Wildman–Crippen MR) is 106 cm³/mol. The quantitative estimate of drug-likeness (QED) is 0.738. The molecule has 2 aromatic rings. The first-order valence-corrected chi connectivity index (χ1v) is 10.2. The third kappa shape index (κ3) is 4.07. The summed E-state index contributed by atoms with van der Waals surface area (Å²) in [4.78, 5) is 37.8. The Balaban J connectivity index is 1.37. The van der Waals surface area contributed by atoms with Gasteiger partial charge in [-0.15, -0.1) is 11.3 Å². The highest BCUT2D eigenvalue weighted by Crippen LogP contribution is 2.22. The van der Waals surface area contributed by atoms with E-state index in [-0.39, 0.29) is 5.69 Å². The molecule has 2 aliphatic rings. The fourth-order valence-electron chi connectivity index (χ4n) is 3.27. The maximum atomic E-state index is 12.6. The van der Waals surface area contributed by atoms with Crippen LogP contribution in [0.2, 0.25) is 0 Å². The van der Waals surface area contributed by atoms with Crippen molar-refractivity contribution in [3.05, 3.63) is 35.0 Å². The Labute approximate surface area is 166 Å². The summed E-state index contributed by atoms with van der Waals surface area (Å²) < 4.78 is 5.33. The molecule has 0 atom stereocenters. The summed E-state index contributed by atoms with van der Waals surface area (Å²) in [7, 11) is 0. The second-order valence-electron chi connectivity index (χ2n) is 6.59. The van der Waals surface area contributed by atoms with E-state index in [0.717, 1.165) is 44.2 Å². The van der Waals surface area contributed by atoms with Crippen LogP contribution >= 0.6 is 11.3 Å². The van der Waals surface area contributed by atoms with E-state index in [1.165, 1.54) is 11.3 Å². The van der Waals surface area contributed by atoms with Gasteiger partial charge in [0.2, 0.25) is 0 Å². The van der Waals surface area contributed by atoms with Gasteiger partial charge in [-0.25, -0.2) is 9.97 Å². The molecular formula is C18H22N6O3S. The van der Waals surface area contributed by atoms with E-state index >= 15 is 0 Å². The van der Waals surface area contributed by atoms with Crippen molar-refractivity contribution in [2.45, 2.75) is 12.8 Å². The van der Waals surface area contributed by atoms with Crippen molar-refractivity contribution in [3.8, 4) is 0 Å². The first kappa shape index (κ1) is 18.6. The number of hydrogen-bond donors (Lipinski definition) is 2. The van der Waals surface area contributed by atoms with E-state index in [1.54, 1.807) is 23.7 Å². The molecule has 28 heavy (non-hydrogen) atoms. The van der Waals surface area contributed by atoms with Gasteiger partial charge in [-0.05, 0) is 25.0 Å². The number of anilines is 2. The molecule has 9 nitrogen and oxygen atoms in total. The summed E-state index contributed by atoms with van der Waals surface area (Å²) in [5.74, 6) is -0.197. The van der Waals surface area contributed by atoms with Gasteiger partial charge >= 0.3 is 0 Å². The molecule has 0 bridgehead atoms. The van der Waals surface area contributed by atoms with Gasteiger partial charge in [-0.3, -0.25) is 20.4 Å². The molecule has 0 aliphatic carbocycles. The lowest BCUT2D eigenvalue weighted by Gasteiger charge is -2.25. The van der Waals surface area contributed by atoms with Crippen molar-refractivity contribution in [3.63, 3.8) is 0 Å². The van der Waals surface area contributed by atoms with E-state index in [2.05, 4.69) is 30.6 Å². The van der Waals surface area contributed by atoms with Gasteiger partial charge in [0.25, 0.3) is 11.8 Å². The van der Waals surface area contributed by atoms with Crippen LogP contribution in [0.15, 0.2) is 23.7 Å². The van der Waals surface area contributed by atoms with E-state index in [9.17, 15) is 9.59 Å². The topological polar surface area (TPSA) is 99.7 Å². The second kappa shape index (κ2) is 8.53. The lowest BCUT2D eigenvalue weighted by atomic mass is 10.2. The minimum Gasteiger partial charge on any atom is -0.378 e. The zero-order valence-electron chi connectivity index (χ0n) is 15.4. The first-order chi connectivity index (χ1) is 13.7. The van der Waals surface area contributed by atoms with Gasteiger partial charge < -0.3 is 14.5 Å². The summed E-state index contributed by atoms with van der Waals surface area (Å²) >= 11 is 1.40. The summed E-state index contributed by atoms with van der Waals surface area (Å²) in [6, 6.07) is 3.42. The molecule has 2 aliphatic heterocycles. The number of nitrogens with one attached hydrogen (secondary N) is 2. The zero-order chi connectivity index (χ0) is 19.3. The standard InChI is InChI=1S/C18H22N6O3S/c25-16(13-4-3-5-19-15(13)23-6-1-2-7-23)21-22-17(26)14-12-28-18(20-14)24-8-10-27-11-9-24/h3-5,12H,1-2,6-11H2,(H,21,25)(H,22,26). The Bertz CT molecular complexity index is 845. The number of hydrazine groups is 1. The lowest BCUT2D eigenvalue weighted by Crippen LogP contribution is -2.42. The number of nitrogens with zero attached hydrogens (tertiary/aromatic N) is 4. The molecule has 0 radical (unpaired) electrons. The van der Waals surface area contributed by atoms with Crippen molar-refractivity contribution < 1.29 is 14.3 Å². The third-order valence-electron chi connectivity index (χ3n) is 4.73. The van der Waals surface area contributed by atoms with Gasteiger partial charge in [0.05, 0.1) is 18.8 Å². The molecule has 4 rings (SSSR count). The molecule has 2 aromatic heterocycles. The molecule has 4 heterocycles. The fraction of sp³-hybridized carbons (Fsp3) is 0.444. The monoisotopic (exact) mass is 402 g/mol. The maximum absolute atomic E-state index is 12.6. The average Bonchev–Trinajstić information content (AvgIpc) is 3.45. The van der Waals surface area contributed by atoms with E-state index in [0.29, 0.717) is 24.6 Å². The highest BCUT2D eigenvalue weighted by Gasteiger charge is 2.22. The van der Waals surface area contributed by atoms with Crippen molar-refractivity contribution in [2.24, 2.45) is 0 Å². The van der Waals surface area contributed by atoms with Crippen LogP contribution in [0.4, 0.5) is 10.9 Å². The Hall–Kier alpha value is -2.72. The van der Waals surface area contributed by atoms with Crippen LogP contribution in [0.1, 0.15) is 33.7 Å². The number of amides is 2. The van der Waals surface area contributed by atoms with E-state index < -0.39 is 11.8 Å². The molecule has 0 spiro atoms. The maximum Gasteiger partial charge on any atom is 0.289 e. The second-order valence-corrected chi connectivity index (χ2v) is 7.43. The molecule has 2 fully saturated rings. The van der Waals surface area contributed by atoms with Gasteiger partial charge in [0.15, 0.2) is 5.13 Å². The number of hydrogen-bond acceptors (Lipinski definition) is 8. The Kier molecular flexibility index (Phi) is 5.68. The molecule has 148 valence electrons. The van der Waals surface area contributed by atoms with Crippen LogP contribution in [0.3, 0.4) is 0 Å². The zero-order valence-corrected chi connectivity index (χ0v) is 16.2. The number of carbonyl (C=O) groups is 2. The van der Waals surface area contributed by atoms with Crippen molar-refractivity contribution in [1.82, 2.24) is 20.8 Å². The minimum atomic E-state index is -0.448. The molecule has 10 heteroatoms. The van der Waals surface area contributed by atoms with E-state index in [1.807, 2.05) is 0 Å². The summed E-state index contributed by atoms with van der Waals surface area (Å²) in [5.41, 5.74) is 5.64. The molecule has 2 saturated heterocycles. The number of aromatic nitrogens is 2. The number of pyridine rings is 1. The number of rotatable bonds is 4. The van der Waals surface area contributed by atoms with Crippen molar-refractivity contribution in [2.75, 3.05) is 49.2 Å². The smallest absolute Gasteiger partial charge is 0.289 e. The molecule has 2 amide bonds. The highest BCUT2D eigenvalue weighted by molar-refractivity contribution is 7.13. The van der Waals surface area contributed by atoms with Gasteiger partial charge in [-0.2, -0.15) is 0 Å². The number of morpholine rings is 1. The van der Waals surface area contributed by atoms with Gasteiger partial charge in [-0.1, -0.05) is 0 Å². The Morgan fingerprint density at radius 1 is 1.04 bits per heavy atom. The van der Waals surface area contributed by atoms with Crippen LogP contribution in [-0.2, 0) is 4.74 Å². The summed E-state index contributed by atoms with van der Waals surface area (Å²) in [6.07, 6.45) is 3.85. The highest BCUT2D eigenvalue weighted by atomic mass is 32.1. The summed E-state index contributed by atoms with van der Waals surface area (Å²) in [6.45, 7) is 4.58. The molecule has 0 saturated carbocycles. The molecule has 0 unspecified atom stereocenters. The number of carbonyl (C=O) groups excluding carboxylic acids is 2. The van der Waals surface area contributed by atoms with Gasteiger partial charge in [0.1, 0.15) is 11.5 Å². The third-order valence-corrected chi connectivity index (χ3v) is 5.63. The van der Waals surface area contributed by atoms with Crippen LogP contribution in [0.5, 0.6) is 0 Å². The molecular weight excluding hydrogens is 380 g/mol. The van der Waals surface area contributed by atoms with E-state index in [4.69, 9.17) is 4.74 Å². The van der Waals surface area contributed by atoms with Crippen LogP contribution < -0.4 is 20.7 Å². The average molecular weight is 402 g/mol. The SMILES string of the molecule is O=C(NNC(=O)c1cccnc1N1CCCC1)c1csc(N2CCOCC2)n1. The Morgan fingerprint density at radius 2 is 1.79 bits per heavy atom. The minimum absolute atomic E-state index is 0.276. The molecule has 2 N–H and O–H groups in total. The normalized spacial score (nSPS) is 16.9. The van der Waals surface area contributed by atoms with Crippen molar-refractivity contribution in [1.29, 1.82) is 0 Å².